The van der Waals surface area contributed by atoms with Crippen LogP contribution in [0, 0.1) is 5.82 Å². The number of benzene rings is 1. The Morgan fingerprint density at radius 2 is 2.00 bits per heavy atom. The highest BCUT2D eigenvalue weighted by Crippen LogP contribution is 2.31. The van der Waals surface area contributed by atoms with Crippen LogP contribution >= 0.6 is 0 Å². The fraction of sp³-hybridized carbons (Fsp3) is 0.158. The number of aryl methyl sites for hydroxylation is 1. The van der Waals surface area contributed by atoms with Crippen molar-refractivity contribution >= 4 is 10.9 Å². The number of halogens is 1. The summed E-state index contributed by atoms with van der Waals surface area (Å²) in [6.07, 6.45) is 5.34. The van der Waals surface area contributed by atoms with Crippen molar-refractivity contribution in [3.05, 3.63) is 76.2 Å². The predicted octanol–water partition coefficient (Wildman–Crippen LogP) is 3.55. The van der Waals surface area contributed by atoms with E-state index in [1.807, 2.05) is 12.3 Å². The monoisotopic (exact) mass is 336 g/mol. The highest BCUT2D eigenvalue weighted by molar-refractivity contribution is 5.88. The molecule has 126 valence electrons. The maximum absolute atomic E-state index is 13.2. The second kappa shape index (κ2) is 5.73. The Morgan fingerprint density at radius 3 is 2.68 bits per heavy atom. The van der Waals surface area contributed by atoms with Crippen molar-refractivity contribution in [3.8, 4) is 11.3 Å². The third-order valence-corrected chi connectivity index (χ3v) is 4.64. The van der Waals surface area contributed by atoms with Crippen LogP contribution in [0.5, 0.6) is 0 Å². The van der Waals surface area contributed by atoms with Crippen LogP contribution in [0.2, 0.25) is 0 Å². The van der Waals surface area contributed by atoms with Gasteiger partial charge in [0.25, 0.3) is 5.56 Å². The van der Waals surface area contributed by atoms with Gasteiger partial charge in [-0.15, -0.1) is 0 Å². The minimum Gasteiger partial charge on any atom is -0.350 e. The highest BCUT2D eigenvalue weighted by Gasteiger charge is 2.18. The molecule has 25 heavy (non-hydrogen) atoms. The van der Waals surface area contributed by atoms with E-state index in [2.05, 4.69) is 22.1 Å². The van der Waals surface area contributed by atoms with Crippen molar-refractivity contribution in [2.45, 2.75) is 12.8 Å². The predicted molar refractivity (Wildman–Crippen MR) is 95.0 cm³/mol. The second-order valence-electron chi connectivity index (χ2n) is 6.23. The number of aromatic nitrogens is 4. The van der Waals surface area contributed by atoms with E-state index >= 15 is 0 Å². The van der Waals surface area contributed by atoms with Crippen LogP contribution in [0.25, 0.3) is 22.2 Å². The number of rotatable bonds is 3. The summed E-state index contributed by atoms with van der Waals surface area (Å²) in [7, 11) is 1.74. The van der Waals surface area contributed by atoms with Crippen LogP contribution in [0.3, 0.4) is 0 Å². The molecule has 0 saturated heterocycles. The third-order valence-electron chi connectivity index (χ3n) is 4.64. The SMILES string of the molecule is CC(c1ccc(F)cc1)c1cn(C)c(=O)c2[nH]c(-c3cn[nH]c3)cc12. The van der Waals surface area contributed by atoms with Crippen molar-refractivity contribution in [2.75, 3.05) is 0 Å². The molecule has 0 aliphatic heterocycles. The smallest absolute Gasteiger partial charge is 0.274 e. The lowest BCUT2D eigenvalue weighted by Crippen LogP contribution is -2.18. The molecule has 1 atom stereocenters. The largest absolute Gasteiger partial charge is 0.350 e. The van der Waals surface area contributed by atoms with Gasteiger partial charge >= 0.3 is 0 Å². The van der Waals surface area contributed by atoms with Gasteiger partial charge in [-0.2, -0.15) is 5.10 Å². The first-order chi connectivity index (χ1) is 12.0. The number of H-pyrrole nitrogens is 2. The van der Waals surface area contributed by atoms with Gasteiger partial charge in [0.15, 0.2) is 0 Å². The molecule has 3 heterocycles. The maximum Gasteiger partial charge on any atom is 0.274 e. The van der Waals surface area contributed by atoms with E-state index in [4.69, 9.17) is 0 Å². The van der Waals surface area contributed by atoms with E-state index in [0.29, 0.717) is 5.52 Å². The molecule has 6 heteroatoms. The lowest BCUT2D eigenvalue weighted by molar-refractivity contribution is 0.626. The van der Waals surface area contributed by atoms with Gasteiger partial charge < -0.3 is 9.55 Å². The van der Waals surface area contributed by atoms with Crippen LogP contribution in [0.15, 0.2) is 53.7 Å². The Labute approximate surface area is 143 Å². The van der Waals surface area contributed by atoms with Crippen molar-refractivity contribution in [1.82, 2.24) is 19.7 Å². The van der Waals surface area contributed by atoms with Gasteiger partial charge in [0.2, 0.25) is 0 Å². The normalized spacial score (nSPS) is 12.6. The molecule has 1 unspecified atom stereocenters. The van der Waals surface area contributed by atoms with Crippen LogP contribution in [0.1, 0.15) is 24.0 Å². The summed E-state index contributed by atoms with van der Waals surface area (Å²) in [6.45, 7) is 2.05. The van der Waals surface area contributed by atoms with E-state index in [-0.39, 0.29) is 17.3 Å². The number of fused-ring (bicyclic) bond motifs is 1. The van der Waals surface area contributed by atoms with E-state index < -0.39 is 0 Å². The number of hydrogen-bond acceptors (Lipinski definition) is 2. The van der Waals surface area contributed by atoms with Crippen molar-refractivity contribution < 1.29 is 4.39 Å². The zero-order chi connectivity index (χ0) is 17.6. The molecular formula is C19H17FN4O. The molecule has 3 aromatic heterocycles. The Kier molecular flexibility index (Phi) is 3.53. The standard InChI is InChI=1S/C19H17FN4O/c1-11(12-3-5-14(20)6-4-12)16-10-24(2)19(25)18-15(16)7-17(23-18)13-8-21-22-9-13/h3-11,23H,1-2H3,(H,21,22). The number of aromatic amines is 2. The second-order valence-corrected chi connectivity index (χ2v) is 6.23. The summed E-state index contributed by atoms with van der Waals surface area (Å²) in [5.41, 5.74) is 4.20. The molecule has 0 radical (unpaired) electrons. The fourth-order valence-electron chi connectivity index (χ4n) is 3.19. The molecule has 2 N–H and O–H groups in total. The fourth-order valence-corrected chi connectivity index (χ4v) is 3.19. The van der Waals surface area contributed by atoms with Gasteiger partial charge in [-0.05, 0) is 29.3 Å². The number of pyridine rings is 1. The van der Waals surface area contributed by atoms with E-state index in [9.17, 15) is 9.18 Å². The molecule has 0 amide bonds. The molecule has 0 bridgehead atoms. The third kappa shape index (κ3) is 2.55. The molecular weight excluding hydrogens is 319 g/mol. The lowest BCUT2D eigenvalue weighted by atomic mass is 9.92. The number of hydrogen-bond donors (Lipinski definition) is 2. The quantitative estimate of drug-likeness (QED) is 0.601. The maximum atomic E-state index is 13.2. The summed E-state index contributed by atoms with van der Waals surface area (Å²) in [5.74, 6) is -0.242. The first-order valence-corrected chi connectivity index (χ1v) is 8.01. The van der Waals surface area contributed by atoms with Crippen LogP contribution in [0.4, 0.5) is 4.39 Å². The van der Waals surface area contributed by atoms with Gasteiger partial charge in [0.1, 0.15) is 11.3 Å². The van der Waals surface area contributed by atoms with Gasteiger partial charge in [0, 0.05) is 42.0 Å². The average Bonchev–Trinajstić information content (AvgIpc) is 3.27. The van der Waals surface area contributed by atoms with Crippen molar-refractivity contribution in [2.24, 2.45) is 7.05 Å². The molecule has 5 nitrogen and oxygen atoms in total. The van der Waals surface area contributed by atoms with Crippen molar-refractivity contribution in [3.63, 3.8) is 0 Å². The molecule has 4 rings (SSSR count). The molecule has 1 aromatic carbocycles. The Hall–Kier alpha value is -3.15. The summed E-state index contributed by atoms with van der Waals surface area (Å²) < 4.78 is 14.8. The van der Waals surface area contributed by atoms with Crippen LogP contribution in [-0.4, -0.2) is 19.7 Å². The minimum absolute atomic E-state index is 0.0166. The van der Waals surface area contributed by atoms with Crippen LogP contribution in [-0.2, 0) is 7.05 Å². The zero-order valence-electron chi connectivity index (χ0n) is 13.9. The zero-order valence-corrected chi connectivity index (χ0v) is 13.9. The Morgan fingerprint density at radius 1 is 1.24 bits per heavy atom. The van der Waals surface area contributed by atoms with E-state index in [1.165, 1.54) is 12.1 Å². The topological polar surface area (TPSA) is 66.5 Å². The number of nitrogens with zero attached hydrogens (tertiary/aromatic N) is 2. The van der Waals surface area contributed by atoms with Crippen LogP contribution < -0.4 is 5.56 Å². The summed E-state index contributed by atoms with van der Waals surface area (Å²) >= 11 is 0. The Bertz CT molecular complexity index is 1090. The lowest BCUT2D eigenvalue weighted by Gasteiger charge is -2.15. The van der Waals surface area contributed by atoms with Gasteiger partial charge in [0.05, 0.1) is 6.20 Å². The van der Waals surface area contributed by atoms with Crippen molar-refractivity contribution in [1.29, 1.82) is 0 Å². The highest BCUT2D eigenvalue weighted by atomic mass is 19.1. The van der Waals surface area contributed by atoms with Gasteiger partial charge in [-0.25, -0.2) is 4.39 Å². The molecule has 0 saturated carbocycles. The average molecular weight is 336 g/mol. The summed E-state index contributed by atoms with van der Waals surface area (Å²) in [4.78, 5) is 15.7. The molecule has 0 aliphatic rings. The first-order valence-electron chi connectivity index (χ1n) is 8.01. The molecule has 0 fully saturated rings. The summed E-state index contributed by atoms with van der Waals surface area (Å²) in [5, 5.41) is 7.61. The van der Waals surface area contributed by atoms with E-state index in [0.717, 1.165) is 27.8 Å². The molecule has 4 aromatic rings. The number of nitrogens with one attached hydrogen (secondary N) is 2. The minimum atomic E-state index is -0.259. The van der Waals surface area contributed by atoms with Gasteiger partial charge in [-0.3, -0.25) is 9.89 Å². The first kappa shape index (κ1) is 15.4. The molecule has 0 spiro atoms. The Balaban J connectivity index is 1.92. The van der Waals surface area contributed by atoms with E-state index in [1.54, 1.807) is 36.1 Å². The molecule has 0 aliphatic carbocycles. The van der Waals surface area contributed by atoms with Gasteiger partial charge in [-0.1, -0.05) is 19.1 Å². The summed E-state index contributed by atoms with van der Waals surface area (Å²) in [6, 6.07) is 8.44.